The van der Waals surface area contributed by atoms with Crippen LogP contribution in [0.15, 0.2) is 455 Å². The van der Waals surface area contributed by atoms with Gasteiger partial charge in [-0.25, -0.2) is 15.0 Å². The Hall–Kier alpha value is -18.6. The summed E-state index contributed by atoms with van der Waals surface area (Å²) in [6.07, 6.45) is 0. The van der Waals surface area contributed by atoms with E-state index in [1.165, 1.54) is 193 Å². The number of hydrogen-bond donors (Lipinski definition) is 0. The summed E-state index contributed by atoms with van der Waals surface area (Å²) < 4.78 is 14.6. The molecule has 0 amide bonds. The predicted molar refractivity (Wildman–Crippen MR) is 611 cm³/mol. The van der Waals surface area contributed by atoms with Gasteiger partial charge in [0.15, 0.2) is 17.5 Å². The number of benzene rings is 21. The van der Waals surface area contributed by atoms with Gasteiger partial charge in [-0.3, -0.25) is 0 Å². The van der Waals surface area contributed by atoms with Crippen LogP contribution in [0.5, 0.6) is 0 Å². The minimum absolute atomic E-state index is 0.121. The van der Waals surface area contributed by atoms with E-state index in [1.54, 1.807) is 0 Å². The molecule has 28 aromatic rings. The topological polar surface area (TPSA) is 68.2 Å². The first-order valence-electron chi connectivity index (χ1n) is 51.2. The van der Waals surface area contributed by atoms with Crippen molar-refractivity contribution in [2.24, 2.45) is 0 Å². The maximum atomic E-state index is 5.56. The summed E-state index contributed by atoms with van der Waals surface area (Å²) in [5, 5.41) is 14.4. The molecule has 0 atom stereocenters. The first-order valence-corrected chi connectivity index (χ1v) is 51.2. The number of aromatic nitrogens is 9. The van der Waals surface area contributed by atoms with Crippen LogP contribution in [0.1, 0.15) is 74.9 Å². The number of rotatable bonds is 12. The fourth-order valence-electron chi connectivity index (χ4n) is 26.1. The van der Waals surface area contributed by atoms with Crippen LogP contribution in [0.2, 0.25) is 0 Å². The van der Waals surface area contributed by atoms with Crippen LogP contribution in [0.25, 0.3) is 266 Å². The smallest absolute Gasteiger partial charge is 0.164 e. The summed E-state index contributed by atoms with van der Waals surface area (Å²) in [7, 11) is 0. The van der Waals surface area contributed by atoms with E-state index in [4.69, 9.17) is 15.0 Å². The molecule has 9 nitrogen and oxygen atoms in total. The average molecular weight is 1880 g/mol. The maximum absolute atomic E-state index is 5.56. The second-order valence-electron chi connectivity index (χ2n) is 42.2. The van der Waals surface area contributed by atoms with E-state index in [2.05, 4.69) is 524 Å². The summed E-state index contributed by atoms with van der Waals surface area (Å²) in [4.78, 5) is 16.6. The van der Waals surface area contributed by atoms with E-state index >= 15 is 0 Å². The molecule has 0 saturated heterocycles. The largest absolute Gasteiger partial charge is 0.309 e. The molecule has 3 aliphatic rings. The van der Waals surface area contributed by atoms with Crippen LogP contribution in [-0.2, 0) is 16.2 Å². The molecule has 147 heavy (non-hydrogen) atoms. The molecule has 0 aliphatic heterocycles. The van der Waals surface area contributed by atoms with Gasteiger partial charge < -0.3 is 27.4 Å². The van der Waals surface area contributed by atoms with E-state index in [1.807, 2.05) is 0 Å². The van der Waals surface area contributed by atoms with Gasteiger partial charge in [-0.2, -0.15) is 0 Å². The third-order valence-electron chi connectivity index (χ3n) is 33.3. The van der Waals surface area contributed by atoms with Crippen LogP contribution >= 0.6 is 0 Å². The number of hydrogen-bond acceptors (Lipinski definition) is 3. The van der Waals surface area contributed by atoms with Gasteiger partial charge in [0.2, 0.25) is 0 Å². The van der Waals surface area contributed by atoms with E-state index in [-0.39, 0.29) is 16.2 Å². The summed E-state index contributed by atoms with van der Waals surface area (Å²) in [5.41, 5.74) is 45.7. The summed E-state index contributed by atoms with van der Waals surface area (Å²) >= 11 is 0. The van der Waals surface area contributed by atoms with Gasteiger partial charge in [0.25, 0.3) is 0 Å². The Morgan fingerprint density at radius 2 is 0.340 bits per heavy atom. The highest BCUT2D eigenvalue weighted by atomic mass is 15.1. The van der Waals surface area contributed by atoms with Gasteiger partial charge in [0, 0.05) is 132 Å². The lowest BCUT2D eigenvalue weighted by atomic mass is 9.82. The molecular weight excluding hydrogens is 1780 g/mol. The van der Waals surface area contributed by atoms with E-state index in [0.717, 1.165) is 89.1 Å². The highest BCUT2D eigenvalue weighted by Crippen LogP contribution is 2.55. The predicted octanol–water partition coefficient (Wildman–Crippen LogP) is 35.4. The third kappa shape index (κ3) is 12.1. The fraction of sp³-hybridized carbons (Fsp3) is 0.0652. The standard InChI is InChI=1S/C138H93N9/c1-136(2)115-37-16-7-28-97(115)100-63-60-94(79-118(100)136)145-124-43-22-13-34-106(124)112-76-87(53-69-130(112)145)84-50-66-127-109(73-84)103-31-10-19-40-121(103)142(127)91-56-46-82(47-57-91)133-139-134(83-48-58-92(59-49-83)143-122-41-20-11-32-104(122)110-74-85(51-67-128(110)143)88-54-70-131-113(77-88)107-35-14-23-44-125(107)146(131)95-61-64-101-98-29-8-17-38-116(98)137(3,4)119(101)80-95)141-135(140-133)90-26-25-27-93(72-90)144-123-42-21-12-33-105(123)111-75-86(52-68-129(111)144)89-55-71-132-114(78-89)108-36-15-24-45-126(108)147(132)96-62-65-102-99-30-9-18-39-117(99)138(5,6)120(102)81-96/h7-81H,1-6H3. The summed E-state index contributed by atoms with van der Waals surface area (Å²) in [6, 6.07) is 170. The Labute approximate surface area is 848 Å². The maximum Gasteiger partial charge on any atom is 0.164 e. The Bertz CT molecular complexity index is 10200. The van der Waals surface area contributed by atoms with Gasteiger partial charge in [0.05, 0.1) is 66.2 Å². The van der Waals surface area contributed by atoms with E-state index in [9.17, 15) is 0 Å². The van der Waals surface area contributed by atoms with Crippen molar-refractivity contribution in [3.8, 4) is 135 Å². The molecule has 9 heteroatoms. The minimum Gasteiger partial charge on any atom is -0.309 e. The van der Waals surface area contributed by atoms with Crippen LogP contribution in [-0.4, -0.2) is 42.4 Å². The zero-order chi connectivity index (χ0) is 97.3. The molecule has 0 fully saturated rings. The van der Waals surface area contributed by atoms with Crippen LogP contribution in [0.4, 0.5) is 0 Å². The lowest BCUT2D eigenvalue weighted by Crippen LogP contribution is -2.15. The van der Waals surface area contributed by atoms with Gasteiger partial charge in [0.1, 0.15) is 0 Å². The lowest BCUT2D eigenvalue weighted by molar-refractivity contribution is 0.660. The van der Waals surface area contributed by atoms with Crippen molar-refractivity contribution in [1.29, 1.82) is 0 Å². The fourth-order valence-corrected chi connectivity index (χ4v) is 26.1. The molecule has 7 aromatic heterocycles. The Morgan fingerprint density at radius 3 is 0.612 bits per heavy atom. The Balaban J connectivity index is 0.503. The molecule has 7 heterocycles. The molecule has 21 aromatic carbocycles. The lowest BCUT2D eigenvalue weighted by Gasteiger charge is -2.22. The van der Waals surface area contributed by atoms with Crippen molar-refractivity contribution in [1.82, 2.24) is 42.4 Å². The first-order chi connectivity index (χ1) is 72.1. The zero-order valence-corrected chi connectivity index (χ0v) is 81.8. The van der Waals surface area contributed by atoms with Gasteiger partial charge in [-0.1, -0.05) is 290 Å². The SMILES string of the molecule is CC1(C)c2ccccc2-c2ccc(-n3c4ccccc4c4cc(-c5ccc6c(c5)c5ccccc5n6-c5ccc(-c6nc(-c7ccc(-n8c9ccccc9c9cc(-c%10ccc%11c(c%10)c%10ccccc%10n%11-c%10ccc%11c(c%10)C(C)(C)c%10ccccc%10-%11)ccc98)cc7)nc(-c7cccc(-n8c9ccccc9c9cc(-c%10ccc%11c(c%10)c%10ccccc%10n%11-c%10ccc%11c(c%10)C(C)(C)c%10ccccc%10-%11)ccc98)c7)n6)cc5)ccc43)cc21. The van der Waals surface area contributed by atoms with Crippen LogP contribution in [0.3, 0.4) is 0 Å². The van der Waals surface area contributed by atoms with Crippen molar-refractivity contribution < 1.29 is 0 Å². The molecule has 0 unspecified atom stereocenters. The van der Waals surface area contributed by atoms with Crippen molar-refractivity contribution in [2.45, 2.75) is 57.8 Å². The Kier molecular flexibility index (Phi) is 17.4. The van der Waals surface area contributed by atoms with E-state index in [0.29, 0.717) is 17.5 Å². The highest BCUT2D eigenvalue weighted by molar-refractivity contribution is 6.18. The Morgan fingerprint density at radius 1 is 0.136 bits per heavy atom. The van der Waals surface area contributed by atoms with Crippen LogP contribution in [0, 0.1) is 0 Å². The molecule has 0 spiro atoms. The molecule has 3 aliphatic carbocycles. The van der Waals surface area contributed by atoms with Crippen LogP contribution < -0.4 is 0 Å². The molecule has 31 rings (SSSR count). The molecule has 0 N–H and O–H groups in total. The van der Waals surface area contributed by atoms with Gasteiger partial charge in [-0.15, -0.1) is 0 Å². The molecule has 0 radical (unpaired) electrons. The second kappa shape index (κ2) is 30.7. The van der Waals surface area contributed by atoms with E-state index < -0.39 is 0 Å². The van der Waals surface area contributed by atoms with Crippen molar-refractivity contribution in [2.75, 3.05) is 0 Å². The van der Waals surface area contributed by atoms with Crippen molar-refractivity contribution in [3.63, 3.8) is 0 Å². The molecule has 0 bridgehead atoms. The molecule has 0 saturated carbocycles. The van der Waals surface area contributed by atoms with Gasteiger partial charge in [-0.05, 0) is 306 Å². The number of para-hydroxylation sites is 6. The molecular formula is C138H93N9. The molecule has 690 valence electrons. The summed E-state index contributed by atoms with van der Waals surface area (Å²) in [6.45, 7) is 14.2. The zero-order valence-electron chi connectivity index (χ0n) is 81.8. The first kappa shape index (κ1) is 83.1. The third-order valence-corrected chi connectivity index (χ3v) is 33.3. The quantitative estimate of drug-likeness (QED) is 0.122. The monoisotopic (exact) mass is 1880 g/mol. The highest BCUT2D eigenvalue weighted by Gasteiger charge is 2.40. The normalized spacial score (nSPS) is 13.7. The number of nitrogens with zero attached hydrogens (tertiary/aromatic N) is 9. The van der Waals surface area contributed by atoms with Crippen molar-refractivity contribution >= 4 is 131 Å². The number of fused-ring (bicyclic) bond motifs is 27. The van der Waals surface area contributed by atoms with Crippen molar-refractivity contribution in [3.05, 3.63) is 488 Å². The average Bonchev–Trinajstić information content (AvgIpc) is 1.57. The van der Waals surface area contributed by atoms with Gasteiger partial charge >= 0.3 is 0 Å². The summed E-state index contributed by atoms with van der Waals surface area (Å²) in [5.74, 6) is 1.69. The minimum atomic E-state index is -0.125. The second-order valence-corrected chi connectivity index (χ2v) is 42.2.